The molecule has 0 saturated heterocycles. The van der Waals surface area contributed by atoms with Gasteiger partial charge in [-0.25, -0.2) is 8.42 Å². The second kappa shape index (κ2) is 8.19. The van der Waals surface area contributed by atoms with E-state index in [9.17, 15) is 13.2 Å². The Balaban J connectivity index is 1.75. The van der Waals surface area contributed by atoms with Gasteiger partial charge in [0, 0.05) is 16.8 Å². The van der Waals surface area contributed by atoms with Gasteiger partial charge in [0.25, 0.3) is 10.0 Å². The first kappa shape index (κ1) is 21.1. The fourth-order valence-electron chi connectivity index (χ4n) is 3.95. The molecule has 1 heterocycles. The Kier molecular flexibility index (Phi) is 5.58. The molecule has 3 aromatic rings. The van der Waals surface area contributed by atoms with Crippen LogP contribution >= 0.6 is 0 Å². The lowest BCUT2D eigenvalue weighted by Gasteiger charge is -2.32. The van der Waals surface area contributed by atoms with Crippen LogP contribution in [0.5, 0.6) is 0 Å². The molecule has 0 saturated carbocycles. The van der Waals surface area contributed by atoms with Crippen molar-refractivity contribution in [2.45, 2.75) is 38.0 Å². The van der Waals surface area contributed by atoms with E-state index < -0.39 is 10.0 Å². The smallest absolute Gasteiger partial charge is 0.265 e. The van der Waals surface area contributed by atoms with Crippen LogP contribution in [0.2, 0.25) is 0 Å². The van der Waals surface area contributed by atoms with Gasteiger partial charge < -0.3 is 5.32 Å². The van der Waals surface area contributed by atoms with Gasteiger partial charge in [-0.15, -0.1) is 0 Å². The summed E-state index contributed by atoms with van der Waals surface area (Å²) in [6, 6.07) is 20.3. The molecule has 1 N–H and O–H groups in total. The molecule has 0 aliphatic carbocycles. The molecule has 0 atom stereocenters. The third-order valence-corrected chi connectivity index (χ3v) is 7.48. The number of nitrogens with zero attached hydrogens (tertiary/aromatic N) is 1. The Hall–Kier alpha value is -3.12. The largest absolute Gasteiger partial charge is 0.324 e. The summed E-state index contributed by atoms with van der Waals surface area (Å²) in [5.41, 5.74) is 4.87. The molecule has 0 aromatic heterocycles. The highest BCUT2D eigenvalue weighted by atomic mass is 32.2. The Morgan fingerprint density at radius 1 is 0.968 bits per heavy atom. The van der Waals surface area contributed by atoms with Crippen molar-refractivity contribution >= 4 is 27.3 Å². The first-order valence-corrected chi connectivity index (χ1v) is 11.9. The lowest BCUT2D eigenvalue weighted by atomic mass is 9.95. The van der Waals surface area contributed by atoms with E-state index in [1.54, 1.807) is 12.1 Å². The summed E-state index contributed by atoms with van der Waals surface area (Å²) in [4.78, 5) is 13.1. The Bertz CT molecular complexity index is 1250. The van der Waals surface area contributed by atoms with Gasteiger partial charge in [0.15, 0.2) is 0 Å². The number of nitrogens with one attached hydrogen (secondary N) is 1. The van der Waals surface area contributed by atoms with Gasteiger partial charge in [0.2, 0.25) is 5.91 Å². The minimum absolute atomic E-state index is 0.227. The summed E-state index contributed by atoms with van der Waals surface area (Å²) in [5.74, 6) is -0.0685. The fourth-order valence-corrected chi connectivity index (χ4v) is 5.60. The van der Waals surface area contributed by atoms with Crippen LogP contribution in [0.3, 0.4) is 0 Å². The number of fused-ring (bicyclic) bond motifs is 3. The Morgan fingerprint density at radius 3 is 2.42 bits per heavy atom. The van der Waals surface area contributed by atoms with E-state index in [2.05, 4.69) is 19.2 Å². The highest BCUT2D eigenvalue weighted by Gasteiger charge is 2.36. The van der Waals surface area contributed by atoms with E-state index in [-0.39, 0.29) is 17.3 Å². The van der Waals surface area contributed by atoms with Crippen molar-refractivity contribution in [3.8, 4) is 11.1 Å². The van der Waals surface area contributed by atoms with Gasteiger partial charge in [-0.2, -0.15) is 0 Å². The second-order valence-corrected chi connectivity index (χ2v) is 9.83. The van der Waals surface area contributed by atoms with Gasteiger partial charge in [-0.05, 0) is 47.7 Å². The van der Waals surface area contributed by atoms with Gasteiger partial charge in [0.05, 0.1) is 10.6 Å². The van der Waals surface area contributed by atoms with E-state index in [1.807, 2.05) is 61.5 Å². The van der Waals surface area contributed by atoms with Crippen molar-refractivity contribution < 1.29 is 13.2 Å². The monoisotopic (exact) mass is 434 g/mol. The lowest BCUT2D eigenvalue weighted by Crippen LogP contribution is -2.40. The molecule has 0 unspecified atom stereocenters. The number of anilines is 2. The average molecular weight is 435 g/mol. The van der Waals surface area contributed by atoms with Crippen LogP contribution in [-0.2, 0) is 21.2 Å². The SMILES string of the molecule is CCc1ccccc1NC(=O)CN1c2ccc(C(C)C)cc2-c2ccccc2S1(=O)=O. The molecular formula is C25H26N2O3S. The third-order valence-electron chi connectivity index (χ3n) is 5.66. The molecular weight excluding hydrogens is 408 g/mol. The Labute approximate surface area is 183 Å². The zero-order chi connectivity index (χ0) is 22.2. The highest BCUT2D eigenvalue weighted by Crippen LogP contribution is 2.43. The predicted octanol–water partition coefficient (Wildman–Crippen LogP) is 5.19. The standard InChI is InChI=1S/C25H26N2O3S/c1-4-18-9-5-7-11-22(18)26-25(28)16-27-23-14-13-19(17(2)3)15-21(23)20-10-6-8-12-24(20)31(27,29)30/h5-15,17H,4,16H2,1-3H3,(H,26,28). The van der Waals surface area contributed by atoms with Crippen molar-refractivity contribution in [3.05, 3.63) is 77.9 Å². The van der Waals surface area contributed by atoms with E-state index in [4.69, 9.17) is 0 Å². The van der Waals surface area contributed by atoms with Crippen LogP contribution in [0.25, 0.3) is 11.1 Å². The van der Waals surface area contributed by atoms with Crippen LogP contribution in [0.15, 0.2) is 71.6 Å². The maximum absolute atomic E-state index is 13.4. The second-order valence-electron chi connectivity index (χ2n) is 8.00. The molecule has 3 aromatic carbocycles. The number of sulfonamides is 1. The summed E-state index contributed by atoms with van der Waals surface area (Å²) in [5, 5.41) is 2.89. The maximum atomic E-state index is 13.4. The van der Waals surface area contributed by atoms with Crippen molar-refractivity contribution in [1.29, 1.82) is 0 Å². The van der Waals surface area contributed by atoms with Gasteiger partial charge in [-0.3, -0.25) is 9.10 Å². The fraction of sp³-hybridized carbons (Fsp3) is 0.240. The zero-order valence-corrected chi connectivity index (χ0v) is 18.7. The summed E-state index contributed by atoms with van der Waals surface area (Å²) in [6.45, 7) is 5.93. The summed E-state index contributed by atoms with van der Waals surface area (Å²) < 4.78 is 28.1. The number of carbonyl (C=O) groups excluding carboxylic acids is 1. The predicted molar refractivity (Wildman–Crippen MR) is 125 cm³/mol. The minimum Gasteiger partial charge on any atom is -0.324 e. The minimum atomic E-state index is -3.86. The number of carbonyl (C=O) groups is 1. The number of amides is 1. The normalized spacial score (nSPS) is 14.1. The highest BCUT2D eigenvalue weighted by molar-refractivity contribution is 7.93. The van der Waals surface area contributed by atoms with E-state index >= 15 is 0 Å². The first-order valence-electron chi connectivity index (χ1n) is 10.5. The quantitative estimate of drug-likeness (QED) is 0.601. The maximum Gasteiger partial charge on any atom is 0.265 e. The van der Waals surface area contributed by atoms with Crippen molar-refractivity contribution in [3.63, 3.8) is 0 Å². The van der Waals surface area contributed by atoms with Crippen LogP contribution in [0, 0.1) is 0 Å². The lowest BCUT2D eigenvalue weighted by molar-refractivity contribution is -0.114. The molecule has 0 bridgehead atoms. The van der Waals surface area contributed by atoms with Crippen molar-refractivity contribution in [1.82, 2.24) is 0 Å². The van der Waals surface area contributed by atoms with Gasteiger partial charge >= 0.3 is 0 Å². The molecule has 0 radical (unpaired) electrons. The van der Waals surface area contributed by atoms with E-state index in [0.29, 0.717) is 22.9 Å². The molecule has 0 spiro atoms. The van der Waals surface area contributed by atoms with Gasteiger partial charge in [0.1, 0.15) is 6.54 Å². The van der Waals surface area contributed by atoms with E-state index in [1.165, 1.54) is 4.31 Å². The number of hydrogen-bond donors (Lipinski definition) is 1. The third kappa shape index (κ3) is 3.83. The van der Waals surface area contributed by atoms with Crippen LogP contribution in [-0.4, -0.2) is 20.9 Å². The topological polar surface area (TPSA) is 66.5 Å². The molecule has 1 aliphatic heterocycles. The van der Waals surface area contributed by atoms with Crippen LogP contribution in [0.4, 0.5) is 11.4 Å². The van der Waals surface area contributed by atoms with Crippen molar-refractivity contribution in [2.24, 2.45) is 0 Å². The Morgan fingerprint density at radius 2 is 1.68 bits per heavy atom. The number of benzene rings is 3. The molecule has 4 rings (SSSR count). The molecule has 5 nitrogen and oxygen atoms in total. The first-order chi connectivity index (χ1) is 14.8. The number of aryl methyl sites for hydroxylation is 1. The van der Waals surface area contributed by atoms with E-state index in [0.717, 1.165) is 23.1 Å². The number of hydrogen-bond acceptors (Lipinski definition) is 3. The number of rotatable bonds is 5. The molecule has 160 valence electrons. The molecule has 31 heavy (non-hydrogen) atoms. The molecule has 6 heteroatoms. The molecule has 1 aliphatic rings. The van der Waals surface area contributed by atoms with Crippen LogP contribution in [0.1, 0.15) is 37.8 Å². The summed E-state index contributed by atoms with van der Waals surface area (Å²) in [6.07, 6.45) is 0.770. The summed E-state index contributed by atoms with van der Waals surface area (Å²) >= 11 is 0. The average Bonchev–Trinajstić information content (AvgIpc) is 2.76. The van der Waals surface area contributed by atoms with Crippen molar-refractivity contribution in [2.75, 3.05) is 16.2 Å². The number of para-hydroxylation sites is 1. The zero-order valence-electron chi connectivity index (χ0n) is 17.9. The summed E-state index contributed by atoms with van der Waals surface area (Å²) in [7, 11) is -3.86. The van der Waals surface area contributed by atoms with Crippen LogP contribution < -0.4 is 9.62 Å². The molecule has 1 amide bonds. The molecule has 0 fully saturated rings. The van der Waals surface area contributed by atoms with Gasteiger partial charge in [-0.1, -0.05) is 63.2 Å².